The summed E-state index contributed by atoms with van der Waals surface area (Å²) in [5.74, 6) is 9.77. The standard InChI is InChI=1S/C17H24N2O/c18-19-16(10-14-9-11-4-5-13(14)8-11)15-3-1-2-12-6-7-20-17(12)15/h1-3,11,13-14,16,19H,4-10,18H2. The number of benzene rings is 1. The number of nitrogens with two attached hydrogens (primary N) is 1. The molecule has 0 aromatic heterocycles. The summed E-state index contributed by atoms with van der Waals surface area (Å²) in [5.41, 5.74) is 5.67. The van der Waals surface area contributed by atoms with Crippen LogP contribution in [0.2, 0.25) is 0 Å². The summed E-state index contributed by atoms with van der Waals surface area (Å²) in [6.07, 6.45) is 7.98. The Morgan fingerprint density at radius 1 is 1.30 bits per heavy atom. The van der Waals surface area contributed by atoms with Crippen molar-refractivity contribution in [1.29, 1.82) is 0 Å². The third kappa shape index (κ3) is 2.04. The molecule has 2 aliphatic carbocycles. The Bertz CT molecular complexity index is 502. The summed E-state index contributed by atoms with van der Waals surface area (Å²) in [4.78, 5) is 0. The topological polar surface area (TPSA) is 47.3 Å². The van der Waals surface area contributed by atoms with Gasteiger partial charge in [-0.3, -0.25) is 11.3 Å². The first-order chi connectivity index (χ1) is 9.85. The van der Waals surface area contributed by atoms with Crippen molar-refractivity contribution >= 4 is 0 Å². The van der Waals surface area contributed by atoms with Gasteiger partial charge in [-0.15, -0.1) is 0 Å². The molecule has 1 aromatic rings. The molecule has 2 saturated carbocycles. The molecule has 0 radical (unpaired) electrons. The fourth-order valence-corrected chi connectivity index (χ4v) is 4.77. The van der Waals surface area contributed by atoms with E-state index in [1.807, 2.05) is 0 Å². The van der Waals surface area contributed by atoms with Crippen molar-refractivity contribution in [2.24, 2.45) is 23.6 Å². The van der Waals surface area contributed by atoms with Gasteiger partial charge in [0.25, 0.3) is 0 Å². The normalized spacial score (nSPS) is 32.1. The third-order valence-corrected chi connectivity index (χ3v) is 5.74. The smallest absolute Gasteiger partial charge is 0.127 e. The van der Waals surface area contributed by atoms with E-state index in [4.69, 9.17) is 10.6 Å². The van der Waals surface area contributed by atoms with Gasteiger partial charge >= 0.3 is 0 Å². The van der Waals surface area contributed by atoms with Gasteiger partial charge in [0.05, 0.1) is 6.61 Å². The second kappa shape index (κ2) is 5.05. The van der Waals surface area contributed by atoms with E-state index in [1.165, 1.54) is 36.8 Å². The molecule has 3 heteroatoms. The lowest BCUT2D eigenvalue weighted by Crippen LogP contribution is -2.31. The number of para-hydroxylation sites is 1. The summed E-state index contributed by atoms with van der Waals surface area (Å²) in [6, 6.07) is 6.75. The SMILES string of the molecule is NNC(CC1CC2CCC1C2)c1cccc2c1OCC2. The quantitative estimate of drug-likeness (QED) is 0.654. The van der Waals surface area contributed by atoms with Crippen LogP contribution < -0.4 is 16.0 Å². The Hall–Kier alpha value is -1.06. The zero-order chi connectivity index (χ0) is 13.5. The van der Waals surface area contributed by atoms with Gasteiger partial charge in [-0.1, -0.05) is 24.6 Å². The maximum Gasteiger partial charge on any atom is 0.127 e. The Morgan fingerprint density at radius 2 is 2.25 bits per heavy atom. The average Bonchev–Trinajstić information content (AvgIpc) is 3.19. The summed E-state index contributed by atoms with van der Waals surface area (Å²) < 4.78 is 5.84. The highest BCUT2D eigenvalue weighted by Gasteiger charge is 2.40. The predicted octanol–water partition coefficient (Wildman–Crippen LogP) is 2.95. The number of hydrogen-bond acceptors (Lipinski definition) is 3. The minimum atomic E-state index is 0.243. The van der Waals surface area contributed by atoms with E-state index < -0.39 is 0 Å². The van der Waals surface area contributed by atoms with Crippen molar-refractivity contribution in [1.82, 2.24) is 5.43 Å². The Morgan fingerprint density at radius 3 is 3.00 bits per heavy atom. The molecule has 2 bridgehead atoms. The van der Waals surface area contributed by atoms with Gasteiger partial charge in [0.15, 0.2) is 0 Å². The lowest BCUT2D eigenvalue weighted by atomic mass is 9.82. The Labute approximate surface area is 120 Å². The number of ether oxygens (including phenoxy) is 1. The summed E-state index contributed by atoms with van der Waals surface area (Å²) in [6.45, 7) is 0.817. The number of rotatable bonds is 4. The van der Waals surface area contributed by atoms with Crippen molar-refractivity contribution in [3.63, 3.8) is 0 Å². The lowest BCUT2D eigenvalue weighted by Gasteiger charge is -2.27. The molecule has 1 heterocycles. The van der Waals surface area contributed by atoms with Crippen LogP contribution in [0.4, 0.5) is 0 Å². The monoisotopic (exact) mass is 272 g/mol. The van der Waals surface area contributed by atoms with Gasteiger partial charge < -0.3 is 4.74 Å². The summed E-state index contributed by atoms with van der Waals surface area (Å²) in [5, 5.41) is 0. The van der Waals surface area contributed by atoms with Gasteiger partial charge in [0, 0.05) is 18.0 Å². The minimum absolute atomic E-state index is 0.243. The molecule has 0 saturated heterocycles. The van der Waals surface area contributed by atoms with Gasteiger partial charge in [-0.2, -0.15) is 0 Å². The number of fused-ring (bicyclic) bond motifs is 3. The summed E-state index contributed by atoms with van der Waals surface area (Å²) in [7, 11) is 0. The van der Waals surface area contributed by atoms with Crippen LogP contribution in [0.3, 0.4) is 0 Å². The molecule has 4 unspecified atom stereocenters. The second-order valence-electron chi connectivity index (χ2n) is 6.82. The molecule has 3 aliphatic rings. The first-order valence-electron chi connectivity index (χ1n) is 8.06. The van der Waals surface area contributed by atoms with E-state index in [-0.39, 0.29) is 6.04 Å². The van der Waals surface area contributed by atoms with Gasteiger partial charge in [-0.05, 0) is 49.0 Å². The molecule has 4 atom stereocenters. The van der Waals surface area contributed by atoms with Crippen LogP contribution >= 0.6 is 0 Å². The van der Waals surface area contributed by atoms with E-state index in [1.54, 1.807) is 0 Å². The highest BCUT2D eigenvalue weighted by molar-refractivity contribution is 5.45. The fourth-order valence-electron chi connectivity index (χ4n) is 4.77. The maximum absolute atomic E-state index is 5.87. The highest BCUT2D eigenvalue weighted by Crippen LogP contribution is 2.51. The number of hydrazine groups is 1. The van der Waals surface area contributed by atoms with Crippen molar-refractivity contribution in [2.75, 3.05) is 6.61 Å². The predicted molar refractivity (Wildman–Crippen MR) is 79.3 cm³/mol. The van der Waals surface area contributed by atoms with Crippen molar-refractivity contribution < 1.29 is 4.74 Å². The number of hydrogen-bond donors (Lipinski definition) is 2. The van der Waals surface area contributed by atoms with Crippen LogP contribution in [0.5, 0.6) is 5.75 Å². The maximum atomic E-state index is 5.87. The van der Waals surface area contributed by atoms with Crippen LogP contribution in [0.25, 0.3) is 0 Å². The second-order valence-corrected chi connectivity index (χ2v) is 6.82. The molecule has 1 aliphatic heterocycles. The van der Waals surface area contributed by atoms with Crippen molar-refractivity contribution in [3.8, 4) is 5.75 Å². The van der Waals surface area contributed by atoms with Crippen molar-refractivity contribution in [2.45, 2.75) is 44.6 Å². The average molecular weight is 272 g/mol. The van der Waals surface area contributed by atoms with E-state index >= 15 is 0 Å². The molecule has 0 spiro atoms. The third-order valence-electron chi connectivity index (χ3n) is 5.74. The number of nitrogens with one attached hydrogen (secondary N) is 1. The minimum Gasteiger partial charge on any atom is -0.493 e. The van der Waals surface area contributed by atoms with E-state index in [9.17, 15) is 0 Å². The Kier molecular flexibility index (Phi) is 3.20. The molecular weight excluding hydrogens is 248 g/mol. The molecular formula is C17H24N2O. The molecule has 20 heavy (non-hydrogen) atoms. The van der Waals surface area contributed by atoms with Crippen LogP contribution in [0.1, 0.15) is 49.3 Å². The van der Waals surface area contributed by atoms with Gasteiger partial charge in [0.1, 0.15) is 5.75 Å². The van der Waals surface area contributed by atoms with E-state index in [2.05, 4.69) is 23.6 Å². The fraction of sp³-hybridized carbons (Fsp3) is 0.647. The molecule has 0 amide bonds. The van der Waals surface area contributed by atoms with Gasteiger partial charge in [0.2, 0.25) is 0 Å². The molecule has 1 aromatic carbocycles. The lowest BCUT2D eigenvalue weighted by molar-refractivity contribution is 0.275. The zero-order valence-electron chi connectivity index (χ0n) is 12.0. The molecule has 2 fully saturated rings. The first-order valence-corrected chi connectivity index (χ1v) is 8.06. The zero-order valence-corrected chi connectivity index (χ0v) is 12.0. The first kappa shape index (κ1) is 12.7. The van der Waals surface area contributed by atoms with Crippen LogP contribution in [0, 0.1) is 17.8 Å². The molecule has 3 nitrogen and oxygen atoms in total. The highest BCUT2D eigenvalue weighted by atomic mass is 16.5. The van der Waals surface area contributed by atoms with Crippen LogP contribution in [-0.2, 0) is 6.42 Å². The summed E-state index contributed by atoms with van der Waals surface area (Å²) >= 11 is 0. The largest absolute Gasteiger partial charge is 0.493 e. The van der Waals surface area contributed by atoms with Crippen LogP contribution in [0.15, 0.2) is 18.2 Å². The van der Waals surface area contributed by atoms with Crippen molar-refractivity contribution in [3.05, 3.63) is 29.3 Å². The van der Waals surface area contributed by atoms with E-state index in [0.29, 0.717) is 0 Å². The Balaban J connectivity index is 1.55. The van der Waals surface area contributed by atoms with E-state index in [0.717, 1.165) is 43.0 Å². The van der Waals surface area contributed by atoms with Gasteiger partial charge in [-0.25, -0.2) is 0 Å². The molecule has 3 N–H and O–H groups in total. The van der Waals surface area contributed by atoms with Crippen LogP contribution in [-0.4, -0.2) is 6.61 Å². The molecule has 108 valence electrons. The molecule has 4 rings (SSSR count).